The molecule has 117 heavy (non-hydrogen) atoms. The smallest absolute Gasteiger partial charge is 0.269 e. The molecule has 0 unspecified atom stereocenters. The number of rotatable bonds is 7. The lowest BCUT2D eigenvalue weighted by atomic mass is 9.85. The van der Waals surface area contributed by atoms with Crippen LogP contribution in [0.3, 0.4) is 0 Å². The molecule has 13 nitrogen and oxygen atoms in total. The summed E-state index contributed by atoms with van der Waals surface area (Å²) in [4.78, 5) is 26.5. The fourth-order valence-electron chi connectivity index (χ4n) is 13.0. The van der Waals surface area contributed by atoms with Crippen molar-refractivity contribution < 1.29 is 14.0 Å². The van der Waals surface area contributed by atoms with Crippen molar-refractivity contribution in [1.82, 2.24) is 34.5 Å². The van der Waals surface area contributed by atoms with Crippen LogP contribution < -0.4 is 16.8 Å². The number of benzene rings is 10. The third-order valence-electron chi connectivity index (χ3n) is 20.2. The largest absolute Gasteiger partial charge is 0.464 e. The van der Waals surface area contributed by atoms with Crippen LogP contribution in [0.4, 0.5) is 10.8 Å². The van der Waals surface area contributed by atoms with E-state index < -0.39 is 5.91 Å². The molecule has 608 valence electrons. The first-order valence-electron chi connectivity index (χ1n) is 39.5. The molecule has 7 N–H and O–H groups in total. The molecular formula is C99H114N10O3S5. The summed E-state index contributed by atoms with van der Waals surface area (Å²) in [7, 11) is 1.85. The first kappa shape index (κ1) is 88.9. The number of aromatic amines is 2. The van der Waals surface area contributed by atoms with Gasteiger partial charge in [0.15, 0.2) is 13.6 Å². The Kier molecular flexibility index (Phi) is 27.8. The number of anilines is 2. The van der Waals surface area contributed by atoms with Crippen LogP contribution in [0, 0.1) is 7.91 Å². The van der Waals surface area contributed by atoms with E-state index in [2.05, 4.69) is 362 Å². The molecule has 0 atom stereocenters. The number of nitrogens with two attached hydrogens (primary N) is 2. The van der Waals surface area contributed by atoms with Gasteiger partial charge >= 0.3 is 0 Å². The minimum atomic E-state index is -0.504. The molecule has 0 spiro atoms. The van der Waals surface area contributed by atoms with Gasteiger partial charge in [-0.15, -0.1) is 16.4 Å². The Morgan fingerprint density at radius 2 is 0.957 bits per heavy atom. The van der Waals surface area contributed by atoms with E-state index in [9.17, 15) is 9.59 Å². The highest BCUT2D eigenvalue weighted by molar-refractivity contribution is 7.73. The number of hydrogen-bond acceptors (Lipinski definition) is 12. The second-order valence-corrected chi connectivity index (χ2v) is 41.2. The molecule has 0 saturated heterocycles. The summed E-state index contributed by atoms with van der Waals surface area (Å²) in [5.74, 6) is -0.887. The number of aryl methyl sites for hydroxylation is 1. The fourth-order valence-corrected chi connectivity index (χ4v) is 15.6. The van der Waals surface area contributed by atoms with Gasteiger partial charge in [0.25, 0.3) is 5.91 Å². The monoisotopic (exact) mass is 1650 g/mol. The molecule has 0 radical (unpaired) electrons. The number of hydrogen-bond donors (Lipinski definition) is 5. The number of nitrogens with zero attached hydrogens (tertiary/aromatic N) is 5. The molecule has 2 amide bonds. The van der Waals surface area contributed by atoms with Gasteiger partial charge in [0.05, 0.1) is 18.3 Å². The minimum absolute atomic E-state index is 0.109. The van der Waals surface area contributed by atoms with Crippen LogP contribution >= 0.6 is 58.4 Å². The van der Waals surface area contributed by atoms with Gasteiger partial charge in [-0.3, -0.25) is 19.8 Å². The van der Waals surface area contributed by atoms with Crippen LogP contribution in [0.15, 0.2) is 241 Å². The normalized spacial score (nSPS) is 11.9. The van der Waals surface area contributed by atoms with Gasteiger partial charge in [-0.1, -0.05) is 299 Å². The molecule has 18 heteroatoms. The molecule has 0 fully saturated rings. The average molecular weight is 1650 g/mol. The van der Waals surface area contributed by atoms with Crippen molar-refractivity contribution in [3.63, 3.8) is 0 Å². The van der Waals surface area contributed by atoms with E-state index in [0.29, 0.717) is 15.2 Å². The molecule has 16 rings (SSSR count). The number of carbonyl (C=O) groups is 2. The van der Waals surface area contributed by atoms with Gasteiger partial charge in [-0.05, 0) is 226 Å². The van der Waals surface area contributed by atoms with Crippen LogP contribution in [0.2, 0.25) is 0 Å². The standard InChI is InChI=1S/C17H18N2S2.C16H17N3S2.C15H19N3O.C15H17NO.C12H15N.C12H14O.C12H14S/c1-17(2,3)14-7-6-12-5-4-11(8-13(12)10-14)9-15-18-19-16(20)21-15;1-16(2,3)12-6-4-11-9-13(7-5-10(11)8-12)17-14-18-19-15(20)21-14;1-15(2,3)11-7-5-10(6-8-11)13-12(14(16)19)17-9-18(13)4;1-15(2,3)13-7-6-10-8-12(14(16)17)5-4-11(10)9-13;1-12(2,3)13-9-8-10-6-4-5-7-11(10)13;2*1-12(2,3)10-5-4-9-6-7-13-11(9)8-10/h4-8,10H,9H2,1-3H3,(H,19,20);4-9H,1-3H3,(H,17,18)(H,19,20);5-9H,1-4H3,(H2,16,19);4-9H,1-3H3,(H2,16,17);4-9H,1-3H3;2*4-8H,1-3H3. The van der Waals surface area contributed by atoms with Crippen molar-refractivity contribution in [2.24, 2.45) is 18.5 Å². The Labute approximate surface area is 713 Å². The fraction of sp³-hybridized carbons (Fsp3) is 0.303. The molecule has 0 saturated carbocycles. The molecule has 0 aliphatic carbocycles. The molecule has 6 heterocycles. The van der Waals surface area contributed by atoms with Crippen molar-refractivity contribution in [3.8, 4) is 11.3 Å². The van der Waals surface area contributed by atoms with Gasteiger partial charge in [-0.25, -0.2) is 4.98 Å². The first-order valence-corrected chi connectivity index (χ1v) is 42.8. The van der Waals surface area contributed by atoms with E-state index in [1.165, 1.54) is 98.2 Å². The maximum Gasteiger partial charge on any atom is 0.269 e. The quantitative estimate of drug-likeness (QED) is 0.0966. The number of imidazole rings is 1. The predicted octanol–water partition coefficient (Wildman–Crippen LogP) is 27.7. The third kappa shape index (κ3) is 24.1. The van der Waals surface area contributed by atoms with Crippen molar-refractivity contribution in [2.75, 3.05) is 5.32 Å². The topological polar surface area (TPSA) is 191 Å². The number of furan rings is 1. The maximum atomic E-state index is 11.4. The summed E-state index contributed by atoms with van der Waals surface area (Å²) in [6.45, 7) is 46.5. The lowest BCUT2D eigenvalue weighted by Gasteiger charge is -2.22. The van der Waals surface area contributed by atoms with E-state index in [4.69, 9.17) is 40.3 Å². The second kappa shape index (κ2) is 36.6. The van der Waals surface area contributed by atoms with E-state index in [1.54, 1.807) is 30.0 Å². The summed E-state index contributed by atoms with van der Waals surface area (Å²) in [5, 5.41) is 32.3. The molecular weight excluding hydrogens is 1540 g/mol. The van der Waals surface area contributed by atoms with Crippen LogP contribution in [0.25, 0.3) is 75.5 Å². The summed E-state index contributed by atoms with van der Waals surface area (Å²) in [5.41, 5.74) is 27.0. The lowest BCUT2D eigenvalue weighted by Crippen LogP contribution is -2.20. The lowest BCUT2D eigenvalue weighted by molar-refractivity contribution is 0.0990. The zero-order valence-corrected chi connectivity index (χ0v) is 76.0. The zero-order valence-electron chi connectivity index (χ0n) is 71.9. The molecule has 0 bridgehead atoms. The summed E-state index contributed by atoms with van der Waals surface area (Å²) < 4.78 is 12.3. The number of amides is 2. The Morgan fingerprint density at radius 1 is 0.462 bits per heavy atom. The van der Waals surface area contributed by atoms with E-state index in [0.717, 1.165) is 53.8 Å². The van der Waals surface area contributed by atoms with Gasteiger partial charge in [0.1, 0.15) is 10.6 Å². The molecule has 0 aliphatic heterocycles. The van der Waals surface area contributed by atoms with Crippen molar-refractivity contribution in [1.29, 1.82) is 0 Å². The third-order valence-corrected chi connectivity index (χ3v) is 23.1. The number of nitrogens with one attached hydrogen (secondary N) is 3. The van der Waals surface area contributed by atoms with Crippen LogP contribution in [0.5, 0.6) is 0 Å². The number of primary amides is 2. The number of thiophene rings is 1. The van der Waals surface area contributed by atoms with E-state index in [-0.39, 0.29) is 43.9 Å². The van der Waals surface area contributed by atoms with Crippen molar-refractivity contribution >= 4 is 145 Å². The van der Waals surface area contributed by atoms with Crippen molar-refractivity contribution in [2.45, 2.75) is 190 Å². The maximum absolute atomic E-state index is 11.4. The van der Waals surface area contributed by atoms with Gasteiger partial charge < -0.3 is 30.3 Å². The Bertz CT molecular complexity index is 6140. The van der Waals surface area contributed by atoms with Crippen molar-refractivity contribution in [3.05, 3.63) is 300 Å². The van der Waals surface area contributed by atoms with E-state index >= 15 is 0 Å². The Morgan fingerprint density at radius 3 is 1.51 bits per heavy atom. The predicted molar refractivity (Wildman–Crippen MR) is 505 cm³/mol. The number of aromatic nitrogens is 7. The van der Waals surface area contributed by atoms with Gasteiger partial charge in [0.2, 0.25) is 11.0 Å². The highest BCUT2D eigenvalue weighted by Gasteiger charge is 2.22. The number of para-hydroxylation sites is 1. The minimum Gasteiger partial charge on any atom is -0.464 e. The van der Waals surface area contributed by atoms with Gasteiger partial charge in [-0.2, -0.15) is 5.10 Å². The van der Waals surface area contributed by atoms with Crippen LogP contribution in [-0.2, 0) is 51.5 Å². The van der Waals surface area contributed by atoms with Gasteiger partial charge in [0, 0.05) is 57.6 Å². The number of fused-ring (bicyclic) bond motifs is 6. The summed E-state index contributed by atoms with van der Waals surface area (Å²) >= 11 is 14.9. The van der Waals surface area contributed by atoms with Crippen LogP contribution in [0.1, 0.15) is 210 Å². The SMILES string of the molecule is CC(C)(C)c1ccc2cc(C(N)=O)ccc2c1.CC(C)(C)c1ccc2cc(Nc3n[nH]c(=S)s3)ccc2c1.CC(C)(C)c1ccc2ccc(Cc3n[nH]c(=S)s3)cc2c1.CC(C)(C)c1ccc2ccoc2c1.CC(C)(C)c1ccc2ccsc2c1.CC(C)(C)n1ccc2ccccc21.Cn1cnc(C(N)=O)c1-c1ccc(C(C)(C)C)cc1. The zero-order chi connectivity index (χ0) is 85.3. The Balaban J connectivity index is 0.000000145. The molecule has 0 aliphatic rings. The molecule has 16 aromatic rings. The highest BCUT2D eigenvalue weighted by atomic mass is 32.2. The summed E-state index contributed by atoms with van der Waals surface area (Å²) in [6.07, 6.45) is 6.32. The van der Waals surface area contributed by atoms with Crippen LogP contribution in [-0.4, -0.2) is 46.3 Å². The number of H-pyrrole nitrogens is 2. The first-order chi connectivity index (χ1) is 54.7. The Hall–Kier alpha value is -10.5. The highest BCUT2D eigenvalue weighted by Crippen LogP contribution is 2.35. The summed E-state index contributed by atoms with van der Waals surface area (Å²) in [6, 6.07) is 74.3. The average Bonchev–Trinajstić information content (AvgIpc) is 1.69. The molecule has 10 aromatic carbocycles. The second-order valence-electron chi connectivity index (χ2n) is 36.8. The van der Waals surface area contributed by atoms with E-state index in [1.807, 2.05) is 59.3 Å². The molecule has 6 aromatic heterocycles. The number of carbonyl (C=O) groups excluding carboxylic acids is 2.